The summed E-state index contributed by atoms with van der Waals surface area (Å²) in [5.74, 6) is 0. The summed E-state index contributed by atoms with van der Waals surface area (Å²) >= 11 is 0. The van der Waals surface area contributed by atoms with Crippen molar-refractivity contribution in [2.75, 3.05) is 0 Å². The van der Waals surface area contributed by atoms with Gasteiger partial charge < -0.3 is 9.66 Å². The first-order chi connectivity index (χ1) is 13.9. The molecule has 0 aliphatic heterocycles. The second-order valence-corrected chi connectivity index (χ2v) is 10.8. The van der Waals surface area contributed by atoms with Gasteiger partial charge in [0.15, 0.2) is 0 Å². The van der Waals surface area contributed by atoms with Crippen LogP contribution in [0.25, 0.3) is 0 Å². The molecule has 0 aliphatic rings. The molecule has 0 saturated heterocycles. The quantitative estimate of drug-likeness (QED) is 0.146. The second kappa shape index (κ2) is 23.7. The molecule has 0 bridgehead atoms. The van der Waals surface area contributed by atoms with Gasteiger partial charge in [-0.1, -0.05) is 116 Å². The van der Waals surface area contributed by atoms with Gasteiger partial charge in [0.1, 0.15) is 0 Å². The summed E-state index contributed by atoms with van der Waals surface area (Å²) in [4.78, 5) is 0. The molecule has 0 rings (SSSR count). The second-order valence-electron chi connectivity index (χ2n) is 8.98. The zero-order valence-electron chi connectivity index (χ0n) is 20.4. The van der Waals surface area contributed by atoms with Crippen LogP contribution in [0.2, 0.25) is 0 Å². The number of aliphatic hydroxyl groups is 1. The Morgan fingerprint density at radius 3 is 1.27 bits per heavy atom. The molecule has 0 aromatic carbocycles. The van der Waals surface area contributed by atoms with Gasteiger partial charge in [0, 0.05) is 5.25 Å². The van der Waals surface area contributed by atoms with Gasteiger partial charge >= 0.3 is 51.4 Å². The molecule has 2 unspecified atom stereocenters. The fourth-order valence-corrected chi connectivity index (χ4v) is 4.31. The molecule has 0 aromatic rings. The molecule has 0 aliphatic carbocycles. The molecule has 4 nitrogen and oxygen atoms in total. The van der Waals surface area contributed by atoms with E-state index in [2.05, 4.69) is 6.92 Å². The van der Waals surface area contributed by atoms with E-state index >= 15 is 0 Å². The number of aliphatic hydroxyl groups excluding tert-OH is 1. The van der Waals surface area contributed by atoms with Crippen LogP contribution in [0.3, 0.4) is 0 Å². The minimum Gasteiger partial charge on any atom is -0.748 e. The van der Waals surface area contributed by atoms with E-state index in [1.165, 1.54) is 90.4 Å². The topological polar surface area (TPSA) is 77.4 Å². The Morgan fingerprint density at radius 2 is 0.933 bits per heavy atom. The third-order valence-corrected chi connectivity index (χ3v) is 7.25. The van der Waals surface area contributed by atoms with E-state index < -0.39 is 15.4 Å². The summed E-state index contributed by atoms with van der Waals surface area (Å²) in [6.07, 6.45) is 23.1. The normalized spacial score (nSPS) is 13.7. The van der Waals surface area contributed by atoms with Gasteiger partial charge in [-0.05, 0) is 26.2 Å². The summed E-state index contributed by atoms with van der Waals surface area (Å²) in [7, 11) is -4.10. The first-order valence-corrected chi connectivity index (χ1v) is 14.0. The Kier molecular flexibility index (Phi) is 26.6. The molecule has 0 saturated carbocycles. The third kappa shape index (κ3) is 24.2. The van der Waals surface area contributed by atoms with E-state index in [4.69, 9.17) is 0 Å². The summed E-state index contributed by atoms with van der Waals surface area (Å²) in [6.45, 7) is 3.76. The molecular formula is C24H49KO4S. The van der Waals surface area contributed by atoms with Crippen molar-refractivity contribution in [3.8, 4) is 0 Å². The average molecular weight is 473 g/mol. The molecular weight excluding hydrogens is 423 g/mol. The molecule has 0 heterocycles. The maximum atomic E-state index is 10.8. The minimum absolute atomic E-state index is 0. The summed E-state index contributed by atoms with van der Waals surface area (Å²) in [6, 6.07) is 0. The molecule has 176 valence electrons. The average Bonchev–Trinajstić information content (AvgIpc) is 2.67. The van der Waals surface area contributed by atoms with Gasteiger partial charge in [0.05, 0.1) is 16.2 Å². The van der Waals surface area contributed by atoms with Gasteiger partial charge in [0.25, 0.3) is 0 Å². The van der Waals surface area contributed by atoms with E-state index in [0.717, 1.165) is 38.5 Å². The van der Waals surface area contributed by atoms with Crippen LogP contribution in [0, 0.1) is 0 Å². The Balaban J connectivity index is 0. The van der Waals surface area contributed by atoms with Crippen molar-refractivity contribution in [1.82, 2.24) is 0 Å². The van der Waals surface area contributed by atoms with Crippen LogP contribution < -0.4 is 51.4 Å². The van der Waals surface area contributed by atoms with E-state index in [0.29, 0.717) is 6.42 Å². The fraction of sp³-hybridized carbons (Fsp3) is 1.00. The molecule has 0 amide bonds. The zero-order valence-corrected chi connectivity index (χ0v) is 24.3. The Bertz CT molecular complexity index is 442. The van der Waals surface area contributed by atoms with E-state index in [9.17, 15) is 18.1 Å². The summed E-state index contributed by atoms with van der Waals surface area (Å²) < 4.78 is 32.4. The summed E-state index contributed by atoms with van der Waals surface area (Å²) in [5.41, 5.74) is 0. The van der Waals surface area contributed by atoms with Crippen molar-refractivity contribution in [1.29, 1.82) is 0 Å². The maximum Gasteiger partial charge on any atom is 1.00 e. The van der Waals surface area contributed by atoms with Crippen molar-refractivity contribution >= 4 is 10.1 Å². The van der Waals surface area contributed by atoms with Crippen molar-refractivity contribution in [3.63, 3.8) is 0 Å². The SMILES string of the molecule is CCCCCCCCCCCC(O)CCCCCCCCCCC(C)S(=O)(=O)[O-].[K+]. The van der Waals surface area contributed by atoms with E-state index in [1.807, 2.05) is 0 Å². The van der Waals surface area contributed by atoms with Gasteiger partial charge in [-0.3, -0.25) is 0 Å². The first-order valence-electron chi connectivity index (χ1n) is 12.5. The third-order valence-electron chi connectivity index (χ3n) is 6.03. The van der Waals surface area contributed by atoms with Crippen LogP contribution in [-0.4, -0.2) is 29.4 Å². The van der Waals surface area contributed by atoms with Crippen LogP contribution in [0.4, 0.5) is 0 Å². The molecule has 2 atom stereocenters. The molecule has 0 aromatic heterocycles. The Morgan fingerprint density at radius 1 is 0.633 bits per heavy atom. The van der Waals surface area contributed by atoms with Crippen LogP contribution in [-0.2, 0) is 10.1 Å². The number of unbranched alkanes of at least 4 members (excludes halogenated alkanes) is 15. The largest absolute Gasteiger partial charge is 1.00 e. The maximum absolute atomic E-state index is 10.8. The molecule has 6 heteroatoms. The molecule has 0 fully saturated rings. The van der Waals surface area contributed by atoms with Crippen LogP contribution in [0.15, 0.2) is 0 Å². The van der Waals surface area contributed by atoms with Gasteiger partial charge in [0.2, 0.25) is 0 Å². The first kappa shape index (κ1) is 33.7. The van der Waals surface area contributed by atoms with Gasteiger partial charge in [-0.15, -0.1) is 0 Å². The molecule has 1 N–H and O–H groups in total. The molecule has 0 spiro atoms. The number of hydrogen-bond acceptors (Lipinski definition) is 4. The molecule has 30 heavy (non-hydrogen) atoms. The molecule has 0 radical (unpaired) electrons. The van der Waals surface area contributed by atoms with Crippen LogP contribution in [0.1, 0.15) is 142 Å². The fourth-order valence-electron chi connectivity index (χ4n) is 3.85. The van der Waals surface area contributed by atoms with Crippen LogP contribution in [0.5, 0.6) is 0 Å². The van der Waals surface area contributed by atoms with Crippen molar-refractivity contribution in [2.45, 2.75) is 154 Å². The van der Waals surface area contributed by atoms with Crippen molar-refractivity contribution in [2.24, 2.45) is 0 Å². The standard InChI is InChI=1S/C24H50O4S.K/c1-3-4-5-6-7-8-12-15-18-21-24(25)22-19-16-13-10-9-11-14-17-20-23(2)29(26,27)28;/h23-25H,3-22H2,1-2H3,(H,26,27,28);/q;+1/p-1. The predicted octanol–water partition coefficient (Wildman–Crippen LogP) is 4.11. The minimum atomic E-state index is -4.10. The predicted molar refractivity (Wildman–Crippen MR) is 123 cm³/mol. The van der Waals surface area contributed by atoms with E-state index in [-0.39, 0.29) is 57.5 Å². The Hall–Kier alpha value is 1.51. The summed E-state index contributed by atoms with van der Waals surface area (Å²) in [5, 5.41) is 9.34. The monoisotopic (exact) mass is 472 g/mol. The van der Waals surface area contributed by atoms with Crippen molar-refractivity contribution in [3.05, 3.63) is 0 Å². The van der Waals surface area contributed by atoms with Gasteiger partial charge in [-0.25, -0.2) is 8.42 Å². The zero-order chi connectivity index (χ0) is 21.8. The van der Waals surface area contributed by atoms with Crippen LogP contribution >= 0.6 is 0 Å². The number of rotatable bonds is 22. The van der Waals surface area contributed by atoms with Gasteiger partial charge in [-0.2, -0.15) is 0 Å². The number of hydrogen-bond donors (Lipinski definition) is 1. The van der Waals surface area contributed by atoms with E-state index in [1.54, 1.807) is 0 Å². The smallest absolute Gasteiger partial charge is 0.748 e. The van der Waals surface area contributed by atoms with Crippen molar-refractivity contribution < 1.29 is 69.5 Å². The Labute approximate surface area is 230 Å².